The molecule has 0 fully saturated rings. The summed E-state index contributed by atoms with van der Waals surface area (Å²) in [6.07, 6.45) is -0.0283. The molecular weight excluding hydrogens is 197 g/mol. The summed E-state index contributed by atoms with van der Waals surface area (Å²) in [5.74, 6) is 0. The normalized spacial score (nSPS) is 15.4. The fraction of sp³-hybridized carbons (Fsp3) is 0.400. The summed E-state index contributed by atoms with van der Waals surface area (Å²) < 4.78 is 17.7. The fourth-order valence-corrected chi connectivity index (χ4v) is 2.93. The van der Waals surface area contributed by atoms with Crippen LogP contribution in [0, 0.1) is 0 Å². The Hall–Kier alpha value is -0.630. The number of rotatable bonds is 4. The standard InChI is InChI=1S/C10H16NO2P/c1-9(2)13-14(12,8-11)10-6-4-3-5-7-10/h3-7,9H,8,11H2,1-2H3. The van der Waals surface area contributed by atoms with E-state index in [9.17, 15) is 4.57 Å². The summed E-state index contributed by atoms with van der Waals surface area (Å²) >= 11 is 0. The third-order valence-electron chi connectivity index (χ3n) is 1.77. The molecule has 0 saturated heterocycles. The Bertz CT molecular complexity index is 324. The van der Waals surface area contributed by atoms with Crippen LogP contribution in [0.2, 0.25) is 0 Å². The summed E-state index contributed by atoms with van der Waals surface area (Å²) in [4.78, 5) is 0. The van der Waals surface area contributed by atoms with Gasteiger partial charge >= 0.3 is 0 Å². The lowest BCUT2D eigenvalue weighted by Crippen LogP contribution is -2.17. The summed E-state index contributed by atoms with van der Waals surface area (Å²) in [5.41, 5.74) is 5.50. The first-order chi connectivity index (χ1) is 6.58. The van der Waals surface area contributed by atoms with Crippen LogP contribution in [0.1, 0.15) is 13.8 Å². The van der Waals surface area contributed by atoms with Gasteiger partial charge in [-0.05, 0) is 26.0 Å². The zero-order valence-electron chi connectivity index (χ0n) is 8.51. The molecule has 2 N–H and O–H groups in total. The molecule has 4 heteroatoms. The van der Waals surface area contributed by atoms with E-state index in [1.165, 1.54) is 0 Å². The van der Waals surface area contributed by atoms with Crippen molar-refractivity contribution in [2.24, 2.45) is 5.73 Å². The summed E-state index contributed by atoms with van der Waals surface area (Å²) in [6.45, 7) is 3.70. The van der Waals surface area contributed by atoms with Gasteiger partial charge in [-0.2, -0.15) is 0 Å². The van der Waals surface area contributed by atoms with E-state index in [1.54, 1.807) is 12.1 Å². The minimum absolute atomic E-state index is 0.0508. The van der Waals surface area contributed by atoms with Gasteiger partial charge in [0.2, 0.25) is 7.37 Å². The Labute approximate surface area is 84.7 Å². The largest absolute Gasteiger partial charge is 0.322 e. The highest BCUT2D eigenvalue weighted by Gasteiger charge is 2.24. The van der Waals surface area contributed by atoms with Gasteiger partial charge in [0.25, 0.3) is 0 Å². The van der Waals surface area contributed by atoms with Crippen molar-refractivity contribution in [2.75, 3.05) is 6.29 Å². The van der Waals surface area contributed by atoms with Crippen LogP contribution < -0.4 is 11.0 Å². The second kappa shape index (κ2) is 4.74. The molecule has 78 valence electrons. The predicted octanol–water partition coefficient (Wildman–Crippen LogP) is 1.93. The number of benzene rings is 1. The SMILES string of the molecule is CC(C)OP(=O)(CN)c1ccccc1. The fourth-order valence-electron chi connectivity index (χ4n) is 1.20. The van der Waals surface area contributed by atoms with Crippen LogP contribution in [0.5, 0.6) is 0 Å². The molecule has 0 bridgehead atoms. The van der Waals surface area contributed by atoms with Gasteiger partial charge in [-0.15, -0.1) is 0 Å². The molecule has 14 heavy (non-hydrogen) atoms. The van der Waals surface area contributed by atoms with E-state index in [4.69, 9.17) is 10.3 Å². The Morgan fingerprint density at radius 2 is 1.93 bits per heavy atom. The van der Waals surface area contributed by atoms with Crippen molar-refractivity contribution in [2.45, 2.75) is 20.0 Å². The summed E-state index contributed by atoms with van der Waals surface area (Å²) in [7, 11) is -2.83. The van der Waals surface area contributed by atoms with E-state index < -0.39 is 7.37 Å². The van der Waals surface area contributed by atoms with Crippen molar-refractivity contribution in [3.8, 4) is 0 Å². The molecule has 0 saturated carbocycles. The molecule has 0 aromatic heterocycles. The van der Waals surface area contributed by atoms with Gasteiger partial charge in [0.05, 0.1) is 12.4 Å². The van der Waals surface area contributed by atoms with E-state index >= 15 is 0 Å². The summed E-state index contributed by atoms with van der Waals surface area (Å²) in [5, 5.41) is 0.691. The molecule has 1 unspecified atom stereocenters. The van der Waals surface area contributed by atoms with Gasteiger partial charge in [0, 0.05) is 5.30 Å². The Morgan fingerprint density at radius 3 is 2.36 bits per heavy atom. The van der Waals surface area contributed by atoms with Crippen LogP contribution in [-0.2, 0) is 9.09 Å². The first-order valence-electron chi connectivity index (χ1n) is 4.61. The zero-order valence-corrected chi connectivity index (χ0v) is 9.41. The van der Waals surface area contributed by atoms with Gasteiger partial charge in [0.1, 0.15) is 0 Å². The van der Waals surface area contributed by atoms with Crippen LogP contribution in [-0.4, -0.2) is 12.4 Å². The van der Waals surface area contributed by atoms with Gasteiger partial charge < -0.3 is 10.3 Å². The van der Waals surface area contributed by atoms with E-state index in [1.807, 2.05) is 32.0 Å². The molecule has 1 aromatic rings. The molecule has 0 aliphatic rings. The molecule has 0 amide bonds. The quantitative estimate of drug-likeness (QED) is 0.777. The second-order valence-corrected chi connectivity index (χ2v) is 5.78. The minimum Gasteiger partial charge on any atom is -0.322 e. The second-order valence-electron chi connectivity index (χ2n) is 3.35. The molecule has 0 spiro atoms. The lowest BCUT2D eigenvalue weighted by atomic mass is 10.4. The van der Waals surface area contributed by atoms with Crippen molar-refractivity contribution in [1.82, 2.24) is 0 Å². The topological polar surface area (TPSA) is 52.3 Å². The van der Waals surface area contributed by atoms with Gasteiger partial charge in [0.15, 0.2) is 0 Å². The Kier molecular flexibility index (Phi) is 3.87. The average molecular weight is 213 g/mol. The molecule has 1 aromatic carbocycles. The van der Waals surface area contributed by atoms with Crippen LogP contribution >= 0.6 is 7.37 Å². The third kappa shape index (κ3) is 2.68. The lowest BCUT2D eigenvalue weighted by Gasteiger charge is -2.19. The van der Waals surface area contributed by atoms with Crippen LogP contribution in [0.15, 0.2) is 30.3 Å². The summed E-state index contributed by atoms with van der Waals surface area (Å²) in [6, 6.07) is 9.12. The molecule has 0 heterocycles. The van der Waals surface area contributed by atoms with Crippen molar-refractivity contribution in [3.63, 3.8) is 0 Å². The highest BCUT2D eigenvalue weighted by Crippen LogP contribution is 2.44. The van der Waals surface area contributed by atoms with E-state index in [-0.39, 0.29) is 12.4 Å². The minimum atomic E-state index is -2.83. The first-order valence-corrected chi connectivity index (χ1v) is 6.42. The van der Waals surface area contributed by atoms with Crippen LogP contribution in [0.4, 0.5) is 0 Å². The number of hydrogen-bond acceptors (Lipinski definition) is 3. The Balaban J connectivity index is 2.97. The maximum atomic E-state index is 12.2. The van der Waals surface area contributed by atoms with E-state index in [0.717, 1.165) is 0 Å². The predicted molar refractivity (Wildman–Crippen MR) is 59.0 cm³/mol. The maximum absolute atomic E-state index is 12.2. The molecule has 1 atom stereocenters. The average Bonchev–Trinajstić information content (AvgIpc) is 2.18. The molecule has 0 radical (unpaired) electrons. The molecule has 0 aliphatic carbocycles. The lowest BCUT2D eigenvalue weighted by molar-refractivity contribution is 0.249. The molecular formula is C10H16NO2P. The van der Waals surface area contributed by atoms with Gasteiger partial charge in [-0.3, -0.25) is 4.57 Å². The van der Waals surface area contributed by atoms with Gasteiger partial charge in [-0.1, -0.05) is 18.2 Å². The van der Waals surface area contributed by atoms with E-state index in [0.29, 0.717) is 5.30 Å². The highest BCUT2D eigenvalue weighted by atomic mass is 31.2. The van der Waals surface area contributed by atoms with Crippen molar-refractivity contribution >= 4 is 12.7 Å². The molecule has 0 aliphatic heterocycles. The number of nitrogens with two attached hydrogens (primary N) is 1. The zero-order chi connectivity index (χ0) is 10.6. The van der Waals surface area contributed by atoms with Gasteiger partial charge in [-0.25, -0.2) is 0 Å². The third-order valence-corrected chi connectivity index (χ3v) is 4.10. The van der Waals surface area contributed by atoms with Crippen molar-refractivity contribution in [1.29, 1.82) is 0 Å². The van der Waals surface area contributed by atoms with Crippen LogP contribution in [0.3, 0.4) is 0 Å². The highest BCUT2D eigenvalue weighted by molar-refractivity contribution is 7.66. The maximum Gasteiger partial charge on any atom is 0.245 e. The van der Waals surface area contributed by atoms with Crippen LogP contribution in [0.25, 0.3) is 0 Å². The number of hydrogen-bond donors (Lipinski definition) is 1. The van der Waals surface area contributed by atoms with Crippen molar-refractivity contribution in [3.05, 3.63) is 30.3 Å². The Morgan fingerprint density at radius 1 is 1.36 bits per heavy atom. The smallest absolute Gasteiger partial charge is 0.245 e. The monoisotopic (exact) mass is 213 g/mol. The van der Waals surface area contributed by atoms with E-state index in [2.05, 4.69) is 0 Å². The first kappa shape index (κ1) is 11.4. The molecule has 3 nitrogen and oxygen atoms in total. The van der Waals surface area contributed by atoms with Crippen molar-refractivity contribution < 1.29 is 9.09 Å². The molecule has 1 rings (SSSR count).